The summed E-state index contributed by atoms with van der Waals surface area (Å²) in [5, 5.41) is 0. The molecular formula is C15H14OS. The van der Waals surface area contributed by atoms with Crippen molar-refractivity contribution < 1.29 is 0 Å². The average molecular weight is 242 g/mol. The largest absolute Gasteiger partial charge is 0.289 e. The zero-order valence-corrected chi connectivity index (χ0v) is 10.8. The van der Waals surface area contributed by atoms with Crippen LogP contribution in [0, 0.1) is 6.92 Å². The molecule has 86 valence electrons. The van der Waals surface area contributed by atoms with E-state index in [0.29, 0.717) is 0 Å². The molecule has 0 aliphatic heterocycles. The Kier molecular flexibility index (Phi) is 3.64. The van der Waals surface area contributed by atoms with Gasteiger partial charge in [-0.2, -0.15) is 0 Å². The molecule has 2 rings (SSSR count). The fourth-order valence-electron chi connectivity index (χ4n) is 1.89. The summed E-state index contributed by atoms with van der Waals surface area (Å²) in [5.74, 6) is 0. The number of aryl methyl sites for hydroxylation is 1. The molecule has 0 bridgehead atoms. The van der Waals surface area contributed by atoms with Crippen LogP contribution in [0.3, 0.4) is 0 Å². The van der Waals surface area contributed by atoms with Crippen molar-refractivity contribution in [1.29, 1.82) is 0 Å². The van der Waals surface area contributed by atoms with Crippen molar-refractivity contribution >= 4 is 11.8 Å². The third kappa shape index (κ3) is 2.42. The molecule has 0 aliphatic rings. The van der Waals surface area contributed by atoms with Gasteiger partial charge >= 0.3 is 0 Å². The van der Waals surface area contributed by atoms with E-state index in [-0.39, 0.29) is 5.43 Å². The molecule has 1 nitrogen and oxygen atoms in total. The van der Waals surface area contributed by atoms with Gasteiger partial charge in [0.1, 0.15) is 0 Å². The van der Waals surface area contributed by atoms with E-state index in [2.05, 4.69) is 13.0 Å². The average Bonchev–Trinajstić information content (AvgIpc) is 2.53. The molecule has 0 aromatic heterocycles. The van der Waals surface area contributed by atoms with Crippen LogP contribution in [0.4, 0.5) is 0 Å². The number of rotatable bonds is 2. The zero-order chi connectivity index (χ0) is 12.3. The van der Waals surface area contributed by atoms with Crippen LogP contribution in [-0.4, -0.2) is 6.26 Å². The molecule has 0 saturated carbocycles. The van der Waals surface area contributed by atoms with Gasteiger partial charge in [0.25, 0.3) is 0 Å². The minimum atomic E-state index is 0.0656. The lowest BCUT2D eigenvalue weighted by Crippen LogP contribution is -2.00. The predicted molar refractivity (Wildman–Crippen MR) is 74.7 cm³/mol. The number of benzene rings is 1. The summed E-state index contributed by atoms with van der Waals surface area (Å²) in [6, 6.07) is 15.1. The zero-order valence-electron chi connectivity index (χ0n) is 9.94. The normalized spacial score (nSPS) is 10.2. The molecule has 0 fully saturated rings. The third-order valence-corrected chi connectivity index (χ3v) is 3.65. The summed E-state index contributed by atoms with van der Waals surface area (Å²) in [6.07, 6.45) is 2.04. The van der Waals surface area contributed by atoms with Gasteiger partial charge in [-0.1, -0.05) is 42.5 Å². The highest BCUT2D eigenvalue weighted by atomic mass is 32.2. The van der Waals surface area contributed by atoms with E-state index in [1.54, 1.807) is 23.9 Å². The second-order valence-electron chi connectivity index (χ2n) is 3.84. The van der Waals surface area contributed by atoms with Crippen LogP contribution < -0.4 is 5.43 Å². The van der Waals surface area contributed by atoms with Crippen LogP contribution in [0.1, 0.15) is 5.56 Å². The Balaban J connectivity index is 2.74. The summed E-state index contributed by atoms with van der Waals surface area (Å²) in [4.78, 5) is 13.2. The van der Waals surface area contributed by atoms with E-state index in [0.717, 1.165) is 11.1 Å². The first-order valence-corrected chi connectivity index (χ1v) is 6.70. The third-order valence-electron chi connectivity index (χ3n) is 2.70. The van der Waals surface area contributed by atoms with Crippen molar-refractivity contribution in [3.63, 3.8) is 0 Å². The topological polar surface area (TPSA) is 17.1 Å². The molecule has 0 aliphatic carbocycles. The van der Waals surface area contributed by atoms with Gasteiger partial charge in [-0.25, -0.2) is 0 Å². The molecule has 17 heavy (non-hydrogen) atoms. The molecule has 0 N–H and O–H groups in total. The van der Waals surface area contributed by atoms with Crippen molar-refractivity contribution in [2.75, 3.05) is 6.26 Å². The summed E-state index contributed by atoms with van der Waals surface area (Å²) < 4.78 is 0. The summed E-state index contributed by atoms with van der Waals surface area (Å²) in [5.41, 5.74) is 3.07. The Morgan fingerprint density at radius 1 is 0.882 bits per heavy atom. The number of hydrogen-bond donors (Lipinski definition) is 0. The Labute approximate surface area is 106 Å². The Morgan fingerprint density at radius 2 is 1.59 bits per heavy atom. The second-order valence-corrected chi connectivity index (χ2v) is 4.66. The molecule has 0 saturated heterocycles. The van der Waals surface area contributed by atoms with Gasteiger partial charge in [0.2, 0.25) is 0 Å². The van der Waals surface area contributed by atoms with Gasteiger partial charge in [-0.3, -0.25) is 4.79 Å². The summed E-state index contributed by atoms with van der Waals surface area (Å²) in [7, 11) is 0. The van der Waals surface area contributed by atoms with Crippen molar-refractivity contribution in [2.24, 2.45) is 0 Å². The van der Waals surface area contributed by atoms with Crippen LogP contribution in [0.25, 0.3) is 11.1 Å². The van der Waals surface area contributed by atoms with E-state index in [1.165, 1.54) is 10.5 Å². The summed E-state index contributed by atoms with van der Waals surface area (Å²) >= 11 is 1.68. The van der Waals surface area contributed by atoms with E-state index in [9.17, 15) is 4.79 Å². The van der Waals surface area contributed by atoms with Crippen LogP contribution in [0.2, 0.25) is 0 Å². The van der Waals surface area contributed by atoms with Crippen molar-refractivity contribution in [3.05, 3.63) is 64.3 Å². The van der Waals surface area contributed by atoms with E-state index in [4.69, 9.17) is 0 Å². The first-order chi connectivity index (χ1) is 8.24. The highest BCUT2D eigenvalue weighted by Crippen LogP contribution is 2.30. The first kappa shape index (κ1) is 11.9. The lowest BCUT2D eigenvalue weighted by molar-refractivity contribution is 1.30. The maximum atomic E-state index is 12.0. The molecule has 2 aromatic carbocycles. The fraction of sp³-hybridized carbons (Fsp3) is 0.133. The lowest BCUT2D eigenvalue weighted by Gasteiger charge is -2.08. The molecule has 0 unspecified atom stereocenters. The predicted octanol–water partition coefficient (Wildman–Crippen LogP) is 3.74. The fourth-order valence-corrected chi connectivity index (χ4v) is 2.68. The minimum absolute atomic E-state index is 0.0656. The minimum Gasteiger partial charge on any atom is -0.289 e. The number of thioether (sulfide) groups is 1. The van der Waals surface area contributed by atoms with Crippen molar-refractivity contribution in [2.45, 2.75) is 11.8 Å². The van der Waals surface area contributed by atoms with Crippen LogP contribution in [-0.2, 0) is 0 Å². The molecule has 2 aromatic rings. The highest BCUT2D eigenvalue weighted by molar-refractivity contribution is 7.98. The van der Waals surface area contributed by atoms with Crippen LogP contribution >= 0.6 is 11.8 Å². The highest BCUT2D eigenvalue weighted by Gasteiger charge is 2.08. The lowest BCUT2D eigenvalue weighted by atomic mass is 10.0. The Bertz CT molecular complexity index is 590. The Morgan fingerprint density at radius 3 is 2.35 bits per heavy atom. The first-order valence-electron chi connectivity index (χ1n) is 5.47. The van der Waals surface area contributed by atoms with E-state index < -0.39 is 0 Å². The van der Waals surface area contributed by atoms with Crippen molar-refractivity contribution in [3.8, 4) is 11.1 Å². The van der Waals surface area contributed by atoms with Gasteiger partial charge < -0.3 is 0 Å². The van der Waals surface area contributed by atoms with Gasteiger partial charge in [0.05, 0.1) is 0 Å². The molecule has 2 heteroatoms. The molecule has 0 amide bonds. The summed E-state index contributed by atoms with van der Waals surface area (Å²) in [6.45, 7) is 2.07. The monoisotopic (exact) mass is 242 g/mol. The van der Waals surface area contributed by atoms with Gasteiger partial charge in [0, 0.05) is 10.5 Å². The molecule has 0 spiro atoms. The van der Waals surface area contributed by atoms with Crippen molar-refractivity contribution in [1.82, 2.24) is 0 Å². The smallest absolute Gasteiger partial charge is 0.186 e. The molecule has 0 atom stereocenters. The van der Waals surface area contributed by atoms with Gasteiger partial charge in [0.15, 0.2) is 5.43 Å². The maximum absolute atomic E-state index is 12.0. The SMILES string of the molecule is CSc1c(C)cccc1-c1cccccc1=O. The van der Waals surface area contributed by atoms with E-state index in [1.807, 2.05) is 36.6 Å². The molecular weight excluding hydrogens is 228 g/mol. The van der Waals surface area contributed by atoms with E-state index >= 15 is 0 Å². The number of hydrogen-bond acceptors (Lipinski definition) is 2. The maximum Gasteiger partial charge on any atom is 0.186 e. The quantitative estimate of drug-likeness (QED) is 0.746. The second kappa shape index (κ2) is 5.19. The molecule has 0 radical (unpaired) electrons. The van der Waals surface area contributed by atoms with Gasteiger partial charge in [-0.15, -0.1) is 11.8 Å². The molecule has 0 heterocycles. The Hall–Kier alpha value is -1.54. The van der Waals surface area contributed by atoms with Gasteiger partial charge in [-0.05, 0) is 30.4 Å². The van der Waals surface area contributed by atoms with Crippen LogP contribution in [0.5, 0.6) is 0 Å². The standard InChI is InChI=1S/C15H14OS/c1-11-7-6-9-13(15(11)17-2)12-8-4-3-5-10-14(12)16/h3-10H,1-2H3. The van der Waals surface area contributed by atoms with Crippen LogP contribution in [0.15, 0.2) is 58.2 Å².